The summed E-state index contributed by atoms with van der Waals surface area (Å²) in [6, 6.07) is 11.7. The molecule has 1 atom stereocenters. The van der Waals surface area contributed by atoms with Gasteiger partial charge in [-0.3, -0.25) is 4.79 Å². The van der Waals surface area contributed by atoms with Gasteiger partial charge in [-0.1, -0.05) is 29.8 Å². The lowest BCUT2D eigenvalue weighted by Gasteiger charge is -2.16. The van der Waals surface area contributed by atoms with Gasteiger partial charge in [-0.05, 0) is 42.3 Å². The number of carbonyl (C=O) groups is 1. The number of rotatable bonds is 5. The van der Waals surface area contributed by atoms with Crippen molar-refractivity contribution in [3.63, 3.8) is 0 Å². The molecule has 2 aromatic carbocycles. The van der Waals surface area contributed by atoms with Gasteiger partial charge >= 0.3 is 0 Å². The predicted octanol–water partition coefficient (Wildman–Crippen LogP) is 3.69. The van der Waals surface area contributed by atoms with Crippen LogP contribution in [0.25, 0.3) is 0 Å². The van der Waals surface area contributed by atoms with Gasteiger partial charge in [0.2, 0.25) is 0 Å². The first kappa shape index (κ1) is 16.5. The summed E-state index contributed by atoms with van der Waals surface area (Å²) < 4.78 is 13.1. The Balaban J connectivity index is 2.04. The van der Waals surface area contributed by atoms with Crippen LogP contribution in [0.4, 0.5) is 4.39 Å². The zero-order chi connectivity index (χ0) is 16.1. The molecule has 2 aromatic rings. The van der Waals surface area contributed by atoms with E-state index in [9.17, 15) is 9.18 Å². The summed E-state index contributed by atoms with van der Waals surface area (Å²) in [5.41, 5.74) is 2.45. The monoisotopic (exact) mass is 320 g/mol. The third kappa shape index (κ3) is 4.06. The van der Waals surface area contributed by atoms with Gasteiger partial charge in [0.25, 0.3) is 5.91 Å². The molecule has 0 fully saturated rings. The van der Waals surface area contributed by atoms with E-state index in [1.54, 1.807) is 19.2 Å². The van der Waals surface area contributed by atoms with Crippen molar-refractivity contribution in [2.45, 2.75) is 19.5 Å². The van der Waals surface area contributed by atoms with E-state index in [4.69, 9.17) is 11.6 Å². The van der Waals surface area contributed by atoms with Crippen molar-refractivity contribution in [2.75, 3.05) is 7.05 Å². The maximum Gasteiger partial charge on any atom is 0.251 e. The molecule has 5 heteroatoms. The average molecular weight is 321 g/mol. The molecule has 2 rings (SSSR count). The Kier molecular flexibility index (Phi) is 5.52. The lowest BCUT2D eigenvalue weighted by Crippen LogP contribution is -2.20. The number of hydrogen-bond donors (Lipinski definition) is 2. The van der Waals surface area contributed by atoms with Crippen LogP contribution in [0.15, 0.2) is 42.5 Å². The summed E-state index contributed by atoms with van der Waals surface area (Å²) in [6.45, 7) is 2.54. The maximum atomic E-state index is 13.1. The first-order valence-electron chi connectivity index (χ1n) is 7.00. The molecule has 0 bridgehead atoms. The Labute approximate surface area is 134 Å². The molecule has 1 amide bonds. The van der Waals surface area contributed by atoms with E-state index in [0.717, 1.165) is 11.1 Å². The van der Waals surface area contributed by atoms with Gasteiger partial charge in [0.1, 0.15) is 5.82 Å². The molecule has 0 aliphatic heterocycles. The Bertz CT molecular complexity index is 675. The van der Waals surface area contributed by atoms with E-state index in [1.165, 1.54) is 12.1 Å². The molecular formula is C17H18ClFN2O. The highest BCUT2D eigenvalue weighted by atomic mass is 35.5. The number of amides is 1. The third-order valence-electron chi connectivity index (χ3n) is 3.46. The molecule has 0 spiro atoms. The fourth-order valence-electron chi connectivity index (χ4n) is 2.20. The highest BCUT2D eigenvalue weighted by Crippen LogP contribution is 2.24. The summed E-state index contributed by atoms with van der Waals surface area (Å²) in [6.07, 6.45) is 0. The highest BCUT2D eigenvalue weighted by molar-refractivity contribution is 6.31. The largest absolute Gasteiger partial charge is 0.355 e. The minimum Gasteiger partial charge on any atom is -0.355 e. The van der Waals surface area contributed by atoms with Crippen molar-refractivity contribution in [3.05, 3.63) is 70.0 Å². The lowest BCUT2D eigenvalue weighted by atomic mass is 10.1. The van der Waals surface area contributed by atoms with Crippen molar-refractivity contribution in [3.8, 4) is 0 Å². The van der Waals surface area contributed by atoms with Gasteiger partial charge in [0.15, 0.2) is 0 Å². The van der Waals surface area contributed by atoms with Crippen LogP contribution in [0.3, 0.4) is 0 Å². The molecule has 0 aliphatic carbocycles. The van der Waals surface area contributed by atoms with Crippen LogP contribution in [0.2, 0.25) is 5.02 Å². The summed E-state index contributed by atoms with van der Waals surface area (Å²) >= 11 is 6.06. The second-order valence-electron chi connectivity index (χ2n) is 5.05. The van der Waals surface area contributed by atoms with E-state index in [1.807, 2.05) is 25.1 Å². The van der Waals surface area contributed by atoms with Crippen LogP contribution in [0.5, 0.6) is 0 Å². The van der Waals surface area contributed by atoms with Gasteiger partial charge in [0, 0.05) is 30.2 Å². The number of hydrogen-bond acceptors (Lipinski definition) is 2. The quantitative estimate of drug-likeness (QED) is 0.882. The van der Waals surface area contributed by atoms with E-state index >= 15 is 0 Å². The summed E-state index contributed by atoms with van der Waals surface area (Å²) in [5, 5.41) is 6.32. The van der Waals surface area contributed by atoms with Crippen molar-refractivity contribution in [1.29, 1.82) is 0 Å². The van der Waals surface area contributed by atoms with E-state index in [-0.39, 0.29) is 17.8 Å². The summed E-state index contributed by atoms with van der Waals surface area (Å²) in [5.74, 6) is -0.462. The van der Waals surface area contributed by atoms with Crippen molar-refractivity contribution in [2.24, 2.45) is 0 Å². The summed E-state index contributed by atoms with van der Waals surface area (Å²) in [7, 11) is 1.60. The van der Waals surface area contributed by atoms with Crippen LogP contribution in [-0.4, -0.2) is 13.0 Å². The first-order chi connectivity index (χ1) is 10.5. The zero-order valence-electron chi connectivity index (χ0n) is 12.5. The maximum absolute atomic E-state index is 13.1. The molecule has 0 heterocycles. The topological polar surface area (TPSA) is 41.1 Å². The van der Waals surface area contributed by atoms with Crippen LogP contribution in [-0.2, 0) is 6.54 Å². The zero-order valence-corrected chi connectivity index (χ0v) is 13.2. The molecule has 22 heavy (non-hydrogen) atoms. The molecule has 0 aliphatic rings. The highest BCUT2D eigenvalue weighted by Gasteiger charge is 2.10. The molecule has 0 aromatic heterocycles. The smallest absolute Gasteiger partial charge is 0.251 e. The number of halogens is 2. The number of carbonyl (C=O) groups excluding carboxylic acids is 1. The molecular weight excluding hydrogens is 303 g/mol. The van der Waals surface area contributed by atoms with Crippen molar-refractivity contribution >= 4 is 17.5 Å². The minimum absolute atomic E-state index is 0.0308. The molecule has 2 N–H and O–H groups in total. The second kappa shape index (κ2) is 7.38. The van der Waals surface area contributed by atoms with E-state index in [2.05, 4.69) is 10.6 Å². The third-order valence-corrected chi connectivity index (χ3v) is 3.78. The molecule has 0 saturated heterocycles. The van der Waals surface area contributed by atoms with Gasteiger partial charge in [-0.2, -0.15) is 0 Å². The fraction of sp³-hybridized carbons (Fsp3) is 0.235. The molecule has 0 radical (unpaired) electrons. The Morgan fingerprint density at radius 1 is 1.27 bits per heavy atom. The molecule has 1 unspecified atom stereocenters. The predicted molar refractivity (Wildman–Crippen MR) is 86.5 cm³/mol. The van der Waals surface area contributed by atoms with Crippen LogP contribution in [0.1, 0.15) is 34.5 Å². The SMILES string of the molecule is CNC(=O)c1cccc(CNC(C)c2ccc(F)cc2Cl)c1. The number of nitrogens with one attached hydrogen (secondary N) is 2. The number of benzene rings is 2. The molecule has 116 valence electrons. The Morgan fingerprint density at radius 3 is 2.73 bits per heavy atom. The Hall–Kier alpha value is -1.91. The minimum atomic E-state index is -0.348. The van der Waals surface area contributed by atoms with Gasteiger partial charge in [0.05, 0.1) is 0 Å². The average Bonchev–Trinajstić information content (AvgIpc) is 2.52. The van der Waals surface area contributed by atoms with Crippen molar-refractivity contribution < 1.29 is 9.18 Å². The Morgan fingerprint density at radius 2 is 2.05 bits per heavy atom. The van der Waals surface area contributed by atoms with Gasteiger partial charge in [-0.15, -0.1) is 0 Å². The first-order valence-corrected chi connectivity index (χ1v) is 7.38. The van der Waals surface area contributed by atoms with Gasteiger partial charge < -0.3 is 10.6 Å². The molecule has 3 nitrogen and oxygen atoms in total. The lowest BCUT2D eigenvalue weighted by molar-refractivity contribution is 0.0963. The fourth-order valence-corrected chi connectivity index (χ4v) is 2.53. The van der Waals surface area contributed by atoms with Crippen LogP contribution < -0.4 is 10.6 Å². The van der Waals surface area contributed by atoms with Crippen molar-refractivity contribution in [1.82, 2.24) is 10.6 Å². The molecule has 0 saturated carbocycles. The van der Waals surface area contributed by atoms with Crippen LogP contribution >= 0.6 is 11.6 Å². The van der Waals surface area contributed by atoms with Crippen LogP contribution in [0, 0.1) is 5.82 Å². The second-order valence-corrected chi connectivity index (χ2v) is 5.46. The van der Waals surface area contributed by atoms with Gasteiger partial charge in [-0.25, -0.2) is 4.39 Å². The van der Waals surface area contributed by atoms with E-state index < -0.39 is 0 Å². The van der Waals surface area contributed by atoms with E-state index in [0.29, 0.717) is 17.1 Å². The standard InChI is InChI=1S/C17H18ClFN2O/c1-11(15-7-6-14(19)9-16(15)18)21-10-12-4-3-5-13(8-12)17(22)20-2/h3-9,11,21H,10H2,1-2H3,(H,20,22). The normalized spacial score (nSPS) is 12.0. The summed E-state index contributed by atoms with van der Waals surface area (Å²) in [4.78, 5) is 11.6.